The Balaban J connectivity index is 1.90. The number of hydrogen-bond acceptors (Lipinski definition) is 4. The third kappa shape index (κ3) is 2.33. The third-order valence-electron chi connectivity index (χ3n) is 4.01. The van der Waals surface area contributed by atoms with E-state index >= 15 is 0 Å². The summed E-state index contributed by atoms with van der Waals surface area (Å²) in [5, 5.41) is 0. The third-order valence-corrected chi connectivity index (χ3v) is 7.29. The van der Waals surface area contributed by atoms with Crippen LogP contribution in [0.15, 0.2) is 0 Å². The van der Waals surface area contributed by atoms with Crippen LogP contribution in [0.4, 0.5) is 0 Å². The van der Waals surface area contributed by atoms with Gasteiger partial charge < -0.3 is 18.0 Å². The van der Waals surface area contributed by atoms with Crippen molar-refractivity contribution in [2.24, 2.45) is 5.92 Å². The highest BCUT2D eigenvalue weighted by molar-refractivity contribution is 6.62. The topological polar surface area (TPSA) is 40.2 Å². The van der Waals surface area contributed by atoms with Gasteiger partial charge in [0.2, 0.25) is 0 Å². The lowest BCUT2D eigenvalue weighted by atomic mass is 9.87. The maximum Gasteiger partial charge on any atom is 0.503 e. The molecule has 94 valence electrons. The molecule has 2 rings (SSSR count). The first-order chi connectivity index (χ1) is 7.75. The molecule has 1 heterocycles. The van der Waals surface area contributed by atoms with E-state index in [0.29, 0.717) is 11.6 Å². The van der Waals surface area contributed by atoms with Crippen molar-refractivity contribution in [2.45, 2.75) is 37.3 Å². The molecule has 1 aliphatic carbocycles. The van der Waals surface area contributed by atoms with Gasteiger partial charge in [-0.05, 0) is 31.6 Å². The number of hydrogen-bond donors (Lipinski definition) is 0. The van der Waals surface area contributed by atoms with Crippen LogP contribution in [0, 0.1) is 5.92 Å². The Labute approximate surface area is 98.6 Å². The fourth-order valence-electron chi connectivity index (χ4n) is 2.92. The van der Waals surface area contributed by atoms with Crippen LogP contribution in [-0.4, -0.2) is 42.8 Å². The SMILES string of the molecule is CO[Si](OC)(OC)C1CCC(C2CO2)CC1. The summed E-state index contributed by atoms with van der Waals surface area (Å²) in [4.78, 5) is 0. The van der Waals surface area contributed by atoms with Crippen molar-refractivity contribution in [1.82, 2.24) is 0 Å². The van der Waals surface area contributed by atoms with Crippen LogP contribution in [-0.2, 0) is 18.0 Å². The molecule has 1 saturated carbocycles. The molecule has 0 aromatic carbocycles. The van der Waals surface area contributed by atoms with Gasteiger partial charge in [-0.25, -0.2) is 0 Å². The van der Waals surface area contributed by atoms with Crippen molar-refractivity contribution in [3.05, 3.63) is 0 Å². The van der Waals surface area contributed by atoms with E-state index in [1.165, 1.54) is 12.8 Å². The predicted octanol–water partition coefficient (Wildman–Crippen LogP) is 1.82. The first-order valence-corrected chi connectivity index (χ1v) is 7.83. The zero-order chi connectivity index (χ0) is 11.6. The van der Waals surface area contributed by atoms with Crippen LogP contribution < -0.4 is 0 Å². The molecule has 0 radical (unpaired) electrons. The van der Waals surface area contributed by atoms with Gasteiger partial charge in [-0.3, -0.25) is 0 Å². The average molecular weight is 246 g/mol. The second-order valence-corrected chi connectivity index (χ2v) is 7.95. The minimum atomic E-state index is -2.40. The van der Waals surface area contributed by atoms with E-state index in [9.17, 15) is 0 Å². The van der Waals surface area contributed by atoms with Gasteiger partial charge in [-0.15, -0.1) is 0 Å². The Morgan fingerprint density at radius 2 is 1.44 bits per heavy atom. The summed E-state index contributed by atoms with van der Waals surface area (Å²) in [6.07, 6.45) is 5.28. The second-order valence-electron chi connectivity index (χ2n) is 4.70. The van der Waals surface area contributed by atoms with Crippen molar-refractivity contribution >= 4 is 8.80 Å². The fourth-order valence-corrected chi connectivity index (χ4v) is 5.46. The van der Waals surface area contributed by atoms with Gasteiger partial charge in [0.05, 0.1) is 12.7 Å². The molecule has 0 N–H and O–H groups in total. The molecule has 5 heteroatoms. The van der Waals surface area contributed by atoms with Crippen molar-refractivity contribution in [2.75, 3.05) is 27.9 Å². The maximum absolute atomic E-state index is 5.55. The lowest BCUT2D eigenvalue weighted by Gasteiger charge is -2.36. The molecule has 1 aliphatic heterocycles. The van der Waals surface area contributed by atoms with Gasteiger partial charge in [0.15, 0.2) is 0 Å². The predicted molar refractivity (Wildman–Crippen MR) is 62.2 cm³/mol. The van der Waals surface area contributed by atoms with E-state index in [-0.39, 0.29) is 0 Å². The monoisotopic (exact) mass is 246 g/mol. The van der Waals surface area contributed by atoms with Crippen molar-refractivity contribution in [3.8, 4) is 0 Å². The molecule has 0 aromatic rings. The molecule has 0 aromatic heterocycles. The summed E-state index contributed by atoms with van der Waals surface area (Å²) in [6.45, 7) is 0.969. The summed E-state index contributed by atoms with van der Waals surface area (Å²) >= 11 is 0. The quantitative estimate of drug-likeness (QED) is 0.548. The van der Waals surface area contributed by atoms with Crippen LogP contribution in [0.3, 0.4) is 0 Å². The van der Waals surface area contributed by atoms with E-state index in [2.05, 4.69) is 0 Å². The van der Waals surface area contributed by atoms with Crippen molar-refractivity contribution < 1.29 is 18.0 Å². The minimum Gasteiger partial charge on any atom is -0.377 e. The fraction of sp³-hybridized carbons (Fsp3) is 1.00. The molecular formula is C11H22O4Si. The molecule has 1 saturated heterocycles. The Morgan fingerprint density at radius 3 is 1.81 bits per heavy atom. The number of epoxide rings is 1. The summed E-state index contributed by atoms with van der Waals surface area (Å²) in [5.74, 6) is 0.758. The molecule has 4 nitrogen and oxygen atoms in total. The largest absolute Gasteiger partial charge is 0.503 e. The van der Waals surface area contributed by atoms with Gasteiger partial charge in [0.1, 0.15) is 0 Å². The molecule has 2 aliphatic rings. The Hall–Kier alpha value is 0.0569. The first kappa shape index (κ1) is 12.5. The summed E-state index contributed by atoms with van der Waals surface area (Å²) in [7, 11) is 2.71. The molecule has 0 spiro atoms. The lowest BCUT2D eigenvalue weighted by Crippen LogP contribution is -2.48. The molecular weight excluding hydrogens is 224 g/mol. The average Bonchev–Trinajstić information content (AvgIpc) is 3.17. The summed E-state index contributed by atoms with van der Waals surface area (Å²) in [6, 6.07) is 0. The first-order valence-electron chi connectivity index (χ1n) is 6.02. The lowest BCUT2D eigenvalue weighted by molar-refractivity contribution is 0.0989. The summed E-state index contributed by atoms with van der Waals surface area (Å²) < 4.78 is 22.0. The number of ether oxygens (including phenoxy) is 1. The van der Waals surface area contributed by atoms with E-state index < -0.39 is 8.80 Å². The van der Waals surface area contributed by atoms with Crippen LogP contribution in [0.1, 0.15) is 25.7 Å². The highest BCUT2D eigenvalue weighted by Gasteiger charge is 2.49. The Bertz CT molecular complexity index is 212. The molecule has 0 bridgehead atoms. The van der Waals surface area contributed by atoms with Gasteiger partial charge >= 0.3 is 8.80 Å². The van der Waals surface area contributed by atoms with Crippen molar-refractivity contribution in [1.29, 1.82) is 0 Å². The van der Waals surface area contributed by atoms with Crippen LogP contribution >= 0.6 is 0 Å². The van der Waals surface area contributed by atoms with E-state index in [0.717, 1.165) is 25.4 Å². The zero-order valence-electron chi connectivity index (χ0n) is 10.4. The highest BCUT2D eigenvalue weighted by Crippen LogP contribution is 2.43. The smallest absolute Gasteiger partial charge is 0.377 e. The van der Waals surface area contributed by atoms with Crippen LogP contribution in [0.25, 0.3) is 0 Å². The Morgan fingerprint density at radius 1 is 0.938 bits per heavy atom. The molecule has 1 atom stereocenters. The highest BCUT2D eigenvalue weighted by atomic mass is 28.4. The maximum atomic E-state index is 5.55. The molecule has 16 heavy (non-hydrogen) atoms. The van der Waals surface area contributed by atoms with Crippen LogP contribution in [0.2, 0.25) is 5.54 Å². The van der Waals surface area contributed by atoms with E-state index in [1.807, 2.05) is 0 Å². The van der Waals surface area contributed by atoms with Gasteiger partial charge in [0, 0.05) is 26.9 Å². The van der Waals surface area contributed by atoms with Gasteiger partial charge in [0.25, 0.3) is 0 Å². The van der Waals surface area contributed by atoms with E-state index in [4.69, 9.17) is 18.0 Å². The van der Waals surface area contributed by atoms with Crippen LogP contribution in [0.5, 0.6) is 0 Å². The Kier molecular flexibility index (Phi) is 4.02. The normalized spacial score (nSPS) is 35.1. The van der Waals surface area contributed by atoms with Crippen molar-refractivity contribution in [3.63, 3.8) is 0 Å². The second kappa shape index (κ2) is 5.14. The standard InChI is InChI=1S/C11H22O4Si/c1-12-16(13-2,14-3)10-6-4-9(5-7-10)11-8-15-11/h9-11H,4-8H2,1-3H3. The molecule has 2 fully saturated rings. The minimum absolute atomic E-state index is 0.461. The summed E-state index contributed by atoms with van der Waals surface area (Å²) in [5.41, 5.74) is 0.461. The van der Waals surface area contributed by atoms with Gasteiger partial charge in [-0.2, -0.15) is 0 Å². The van der Waals surface area contributed by atoms with Gasteiger partial charge in [-0.1, -0.05) is 0 Å². The zero-order valence-corrected chi connectivity index (χ0v) is 11.4. The number of rotatable bonds is 5. The molecule has 1 unspecified atom stereocenters. The molecule has 0 amide bonds. The van der Waals surface area contributed by atoms with E-state index in [1.54, 1.807) is 21.3 Å².